The van der Waals surface area contributed by atoms with E-state index in [9.17, 15) is 0 Å². The molecule has 4 aliphatic rings. The Labute approximate surface area is 578 Å². The standard InChI is InChI=1S/C94H80BN3/c1-91(2)49-51-93(5,6)80-55-69(33-43-78(80)91)65-29-38-73(39-30-65)96-86-57-71(63-25-17-11-18-26-63)35-45-82(86)95-83-46-42-75(98-84-47-36-67(61-21-13-9-14-22-61)53-76(84)77-54-68(37-48-85(77)98)62-23-15-10-16-24-62)60-87(83)97(89-59-72(58-88(96)90(89)95)64-27-19-12-20-28-64)74-40-31-66(32-41-74)70-34-44-79-81(56-70)94(7,8)52-50-92(79,3)4/h9-48,53-60H,49-52H2,1-8H3. The Balaban J connectivity index is 0.874. The van der Waals surface area contributed by atoms with Crippen LogP contribution in [0.25, 0.3) is 94.3 Å². The van der Waals surface area contributed by atoms with Gasteiger partial charge in [-0.05, 0) is 232 Å². The van der Waals surface area contributed by atoms with Gasteiger partial charge >= 0.3 is 0 Å². The second-order valence-electron chi connectivity index (χ2n) is 31.0. The van der Waals surface area contributed by atoms with Crippen LogP contribution in [0, 0.1) is 0 Å². The van der Waals surface area contributed by atoms with Crippen LogP contribution in [0.5, 0.6) is 0 Å². The first kappa shape index (κ1) is 59.8. The molecule has 0 radical (unpaired) electrons. The van der Waals surface area contributed by atoms with E-state index in [1.807, 2.05) is 0 Å². The van der Waals surface area contributed by atoms with E-state index in [4.69, 9.17) is 0 Å². The van der Waals surface area contributed by atoms with Crippen molar-refractivity contribution in [2.75, 3.05) is 9.80 Å². The van der Waals surface area contributed by atoms with E-state index in [1.54, 1.807) is 0 Å². The molecular formula is C94H80BN3. The monoisotopic (exact) mass is 1260 g/mol. The number of benzene rings is 13. The summed E-state index contributed by atoms with van der Waals surface area (Å²) < 4.78 is 2.52. The molecule has 0 saturated heterocycles. The van der Waals surface area contributed by atoms with Gasteiger partial charge in [-0.25, -0.2) is 0 Å². The van der Waals surface area contributed by atoms with E-state index in [0.717, 1.165) is 28.3 Å². The van der Waals surface area contributed by atoms with Crippen LogP contribution >= 0.6 is 0 Å². The fraction of sp³-hybridized carbons (Fsp3) is 0.170. The van der Waals surface area contributed by atoms with Gasteiger partial charge in [-0.2, -0.15) is 0 Å². The lowest BCUT2D eigenvalue weighted by Gasteiger charge is -2.44. The van der Waals surface area contributed by atoms with E-state index in [1.165, 1.54) is 164 Å². The number of anilines is 6. The van der Waals surface area contributed by atoms with E-state index in [0.29, 0.717) is 0 Å². The van der Waals surface area contributed by atoms with Crippen molar-refractivity contribution in [2.45, 2.75) is 103 Å². The smallest absolute Gasteiger partial charge is 0.252 e. The number of aromatic nitrogens is 1. The van der Waals surface area contributed by atoms with E-state index < -0.39 is 0 Å². The quantitative estimate of drug-likeness (QED) is 0.133. The van der Waals surface area contributed by atoms with Gasteiger partial charge in [0.2, 0.25) is 0 Å². The second kappa shape index (κ2) is 22.4. The minimum absolute atomic E-state index is 0.0916. The Kier molecular flexibility index (Phi) is 13.7. The van der Waals surface area contributed by atoms with E-state index >= 15 is 0 Å². The van der Waals surface area contributed by atoms with Gasteiger partial charge in [0.1, 0.15) is 0 Å². The van der Waals surface area contributed by atoms with E-state index in [2.05, 4.69) is 361 Å². The van der Waals surface area contributed by atoms with Gasteiger partial charge in [-0.1, -0.05) is 268 Å². The van der Waals surface area contributed by atoms with Crippen molar-refractivity contribution < 1.29 is 0 Å². The van der Waals surface area contributed by atoms with Crippen molar-refractivity contribution in [1.82, 2.24) is 4.57 Å². The third-order valence-electron chi connectivity index (χ3n) is 23.1. The average Bonchev–Trinajstić information content (AvgIpc) is 0.825. The lowest BCUT2D eigenvalue weighted by atomic mass is 9.33. The van der Waals surface area contributed by atoms with Crippen molar-refractivity contribution >= 4 is 79.0 Å². The Hall–Kier alpha value is -10.7. The van der Waals surface area contributed by atoms with Gasteiger partial charge in [0, 0.05) is 50.6 Å². The molecule has 13 aromatic carbocycles. The lowest BCUT2D eigenvalue weighted by molar-refractivity contribution is 0.332. The molecule has 0 unspecified atom stereocenters. The van der Waals surface area contributed by atoms with Gasteiger partial charge in [0.05, 0.1) is 11.0 Å². The van der Waals surface area contributed by atoms with Crippen molar-refractivity contribution in [1.29, 1.82) is 0 Å². The molecule has 18 rings (SSSR count). The zero-order valence-corrected chi connectivity index (χ0v) is 57.5. The average molecular weight is 1260 g/mol. The van der Waals surface area contributed by atoms with Crippen molar-refractivity contribution in [3.63, 3.8) is 0 Å². The van der Waals surface area contributed by atoms with Gasteiger partial charge in [-0.3, -0.25) is 0 Å². The Morgan fingerprint density at radius 1 is 0.245 bits per heavy atom. The minimum atomic E-state index is -0.119. The molecule has 2 aliphatic carbocycles. The minimum Gasteiger partial charge on any atom is -0.311 e. The third kappa shape index (κ3) is 9.76. The predicted octanol–water partition coefficient (Wildman–Crippen LogP) is 23.6. The van der Waals surface area contributed by atoms with E-state index in [-0.39, 0.29) is 28.4 Å². The summed E-state index contributed by atoms with van der Waals surface area (Å²) in [6.45, 7) is 19.3. The summed E-state index contributed by atoms with van der Waals surface area (Å²) in [5, 5.41) is 2.44. The molecule has 3 nitrogen and oxygen atoms in total. The number of hydrogen-bond donors (Lipinski definition) is 0. The Morgan fingerprint density at radius 3 is 0.980 bits per heavy atom. The van der Waals surface area contributed by atoms with Gasteiger partial charge in [0.25, 0.3) is 6.71 Å². The SMILES string of the molecule is CC1(C)CCC(C)(C)c2cc(-c3ccc(N4c5cc(-c6ccccc6)ccc5B5c6ccc(-n7c8ccc(-c9ccccc9)cc8c8cc(-c9ccccc9)ccc87)cc6N(c6ccc(-c7ccc8c(c7)C(C)(C)CCC8(C)C)cc6)c6cc(-c7ccccc7)cc4c65)cc3)ccc21. The molecule has 2 aliphatic heterocycles. The lowest BCUT2D eigenvalue weighted by Crippen LogP contribution is -2.61. The third-order valence-corrected chi connectivity index (χ3v) is 23.1. The highest BCUT2D eigenvalue weighted by atomic mass is 15.2. The van der Waals surface area contributed by atoms with Gasteiger partial charge in [0.15, 0.2) is 0 Å². The van der Waals surface area contributed by atoms with Gasteiger partial charge < -0.3 is 14.4 Å². The number of hydrogen-bond acceptors (Lipinski definition) is 2. The first-order valence-corrected chi connectivity index (χ1v) is 35.4. The maximum absolute atomic E-state index is 2.61. The highest BCUT2D eigenvalue weighted by Crippen LogP contribution is 2.52. The van der Waals surface area contributed by atoms with Crippen LogP contribution in [-0.4, -0.2) is 11.3 Å². The summed E-state index contributed by atoms with van der Waals surface area (Å²) in [6, 6.07) is 111. The van der Waals surface area contributed by atoms with Crippen molar-refractivity contribution in [3.8, 4) is 72.4 Å². The largest absolute Gasteiger partial charge is 0.311 e. The molecule has 98 heavy (non-hydrogen) atoms. The molecule has 0 spiro atoms. The summed E-state index contributed by atoms with van der Waals surface area (Å²) in [5.74, 6) is 0. The molecule has 0 bridgehead atoms. The fourth-order valence-corrected chi connectivity index (χ4v) is 17.3. The summed E-state index contributed by atoms with van der Waals surface area (Å²) in [5.41, 5.74) is 35.1. The van der Waals surface area contributed by atoms with Crippen LogP contribution in [0.15, 0.2) is 291 Å². The fourth-order valence-electron chi connectivity index (χ4n) is 17.3. The predicted molar refractivity (Wildman–Crippen MR) is 418 cm³/mol. The molecule has 1 aromatic heterocycles. The molecule has 0 N–H and O–H groups in total. The molecule has 0 fully saturated rings. The molecule has 3 heterocycles. The first-order chi connectivity index (χ1) is 47.5. The van der Waals surface area contributed by atoms with Crippen LogP contribution in [0.2, 0.25) is 0 Å². The zero-order chi connectivity index (χ0) is 66.4. The molecule has 0 amide bonds. The maximum atomic E-state index is 2.61. The number of fused-ring (bicyclic) bond motifs is 9. The molecule has 14 aromatic rings. The van der Waals surface area contributed by atoms with Crippen LogP contribution in [0.3, 0.4) is 0 Å². The summed E-state index contributed by atoms with van der Waals surface area (Å²) in [6.07, 6.45) is 4.73. The topological polar surface area (TPSA) is 11.4 Å². The highest BCUT2D eigenvalue weighted by molar-refractivity contribution is 7.00. The molecule has 474 valence electrons. The molecular weight excluding hydrogens is 1180 g/mol. The zero-order valence-electron chi connectivity index (χ0n) is 57.5. The number of nitrogens with zero attached hydrogens (tertiary/aromatic N) is 3. The Morgan fingerprint density at radius 2 is 0.551 bits per heavy atom. The Bertz CT molecular complexity index is 5390. The summed E-state index contributed by atoms with van der Waals surface area (Å²) in [7, 11) is 0. The van der Waals surface area contributed by atoms with Crippen LogP contribution in [0.4, 0.5) is 34.1 Å². The van der Waals surface area contributed by atoms with Crippen LogP contribution < -0.4 is 26.2 Å². The molecule has 4 heteroatoms. The normalized spacial score (nSPS) is 15.9. The van der Waals surface area contributed by atoms with Crippen LogP contribution in [0.1, 0.15) is 103 Å². The second-order valence-corrected chi connectivity index (χ2v) is 31.0. The van der Waals surface area contributed by atoms with Crippen molar-refractivity contribution in [2.24, 2.45) is 0 Å². The highest BCUT2D eigenvalue weighted by Gasteiger charge is 2.45. The van der Waals surface area contributed by atoms with Crippen molar-refractivity contribution in [3.05, 3.63) is 313 Å². The summed E-state index contributed by atoms with van der Waals surface area (Å²) in [4.78, 5) is 5.21. The summed E-state index contributed by atoms with van der Waals surface area (Å²) >= 11 is 0. The van der Waals surface area contributed by atoms with Gasteiger partial charge in [-0.15, -0.1) is 0 Å². The number of rotatable bonds is 9. The maximum Gasteiger partial charge on any atom is 0.252 e. The van der Waals surface area contributed by atoms with Crippen LogP contribution in [-0.2, 0) is 21.7 Å². The molecule has 0 atom stereocenters. The first-order valence-electron chi connectivity index (χ1n) is 35.4. The molecule has 0 saturated carbocycles.